The van der Waals surface area contributed by atoms with Crippen molar-refractivity contribution in [3.63, 3.8) is 0 Å². The average Bonchev–Trinajstić information content (AvgIpc) is 2.58. The topological polar surface area (TPSA) is 23.5 Å². The summed E-state index contributed by atoms with van der Waals surface area (Å²) >= 11 is 3.56. The van der Waals surface area contributed by atoms with Crippen LogP contribution in [0.15, 0.2) is 65.1 Å². The molecule has 0 saturated heterocycles. The molecule has 3 heteroatoms. The number of rotatable bonds is 7. The van der Waals surface area contributed by atoms with Gasteiger partial charge in [-0.15, -0.1) is 6.42 Å². The third-order valence-corrected chi connectivity index (χ3v) is 4.37. The van der Waals surface area contributed by atoms with E-state index in [0.29, 0.717) is 13.1 Å². The van der Waals surface area contributed by atoms with Gasteiger partial charge in [0, 0.05) is 11.0 Å². The predicted molar refractivity (Wildman–Crippen MR) is 99.7 cm³/mol. The van der Waals surface area contributed by atoms with Crippen molar-refractivity contribution in [1.29, 1.82) is 0 Å². The van der Waals surface area contributed by atoms with Crippen molar-refractivity contribution in [3.05, 3.63) is 76.3 Å². The van der Waals surface area contributed by atoms with Crippen LogP contribution in [0.25, 0.3) is 6.08 Å². The summed E-state index contributed by atoms with van der Waals surface area (Å²) in [5, 5.41) is 9.78. The maximum Gasteiger partial charge on any atom is 0.0623 e. The van der Waals surface area contributed by atoms with Crippen molar-refractivity contribution >= 4 is 22.0 Å². The number of aliphatic hydroxyl groups is 1. The molecule has 0 amide bonds. The van der Waals surface area contributed by atoms with E-state index >= 15 is 0 Å². The van der Waals surface area contributed by atoms with Gasteiger partial charge in [0.05, 0.1) is 19.2 Å². The molecule has 0 aliphatic heterocycles. The normalized spacial score (nSPS) is 12.4. The van der Waals surface area contributed by atoms with E-state index in [2.05, 4.69) is 32.8 Å². The molecule has 2 aromatic rings. The van der Waals surface area contributed by atoms with Crippen LogP contribution in [0.5, 0.6) is 0 Å². The molecule has 23 heavy (non-hydrogen) atoms. The third kappa shape index (κ3) is 5.37. The van der Waals surface area contributed by atoms with Crippen LogP contribution in [0.3, 0.4) is 0 Å². The molecule has 0 aromatic heterocycles. The van der Waals surface area contributed by atoms with Gasteiger partial charge in [-0.05, 0) is 17.2 Å². The average molecular weight is 370 g/mol. The Morgan fingerprint density at radius 3 is 2.48 bits per heavy atom. The van der Waals surface area contributed by atoms with Crippen molar-refractivity contribution in [2.24, 2.45) is 0 Å². The zero-order valence-electron chi connectivity index (χ0n) is 12.9. The van der Waals surface area contributed by atoms with Gasteiger partial charge in [0.25, 0.3) is 0 Å². The fourth-order valence-corrected chi connectivity index (χ4v) is 2.75. The predicted octanol–water partition coefficient (Wildman–Crippen LogP) is 3.96. The van der Waals surface area contributed by atoms with E-state index in [1.165, 1.54) is 0 Å². The number of hydrogen-bond acceptors (Lipinski definition) is 2. The quantitative estimate of drug-likeness (QED) is 0.746. The standard InChI is InChI=1S/C20H20BrNO/c1-2-14-22(15-18-10-6-7-11-20(18)21)19(16-23)13-12-17-8-4-3-5-9-17/h1,3-13,19,23H,14-16H2/b13-12+. The Morgan fingerprint density at radius 2 is 1.83 bits per heavy atom. The molecule has 2 aromatic carbocycles. The number of benzene rings is 2. The Balaban J connectivity index is 2.15. The molecule has 1 unspecified atom stereocenters. The van der Waals surface area contributed by atoms with Crippen molar-refractivity contribution in [3.8, 4) is 12.3 Å². The molecule has 0 fully saturated rings. The molecule has 2 nitrogen and oxygen atoms in total. The van der Waals surface area contributed by atoms with Crippen molar-refractivity contribution in [2.45, 2.75) is 12.6 Å². The van der Waals surface area contributed by atoms with Gasteiger partial charge in [0.15, 0.2) is 0 Å². The second kappa shape index (κ2) is 9.32. The molecule has 0 aliphatic carbocycles. The molecule has 118 valence electrons. The van der Waals surface area contributed by atoms with E-state index in [-0.39, 0.29) is 12.6 Å². The Bertz CT molecular complexity index is 676. The summed E-state index contributed by atoms with van der Waals surface area (Å²) in [6, 6.07) is 18.0. The van der Waals surface area contributed by atoms with E-state index in [4.69, 9.17) is 6.42 Å². The zero-order valence-corrected chi connectivity index (χ0v) is 14.5. The molecule has 0 bridgehead atoms. The van der Waals surface area contributed by atoms with Crippen LogP contribution in [0.1, 0.15) is 11.1 Å². The molecular weight excluding hydrogens is 350 g/mol. The fourth-order valence-electron chi connectivity index (χ4n) is 2.34. The lowest BCUT2D eigenvalue weighted by atomic mass is 10.1. The highest BCUT2D eigenvalue weighted by molar-refractivity contribution is 9.10. The van der Waals surface area contributed by atoms with E-state index < -0.39 is 0 Å². The van der Waals surface area contributed by atoms with Crippen molar-refractivity contribution in [1.82, 2.24) is 4.90 Å². The summed E-state index contributed by atoms with van der Waals surface area (Å²) < 4.78 is 1.05. The van der Waals surface area contributed by atoms with Crippen LogP contribution in [0.2, 0.25) is 0 Å². The number of halogens is 1. The number of terminal acetylenes is 1. The van der Waals surface area contributed by atoms with Gasteiger partial charge in [-0.25, -0.2) is 0 Å². The SMILES string of the molecule is C#CCN(Cc1ccccc1Br)C(/C=C/c1ccccc1)CO. The molecule has 2 rings (SSSR count). The van der Waals surface area contributed by atoms with Crippen LogP contribution in [-0.4, -0.2) is 29.2 Å². The second-order valence-electron chi connectivity index (χ2n) is 5.22. The summed E-state index contributed by atoms with van der Waals surface area (Å²) in [6.07, 6.45) is 9.53. The number of nitrogens with zero attached hydrogens (tertiary/aromatic N) is 1. The Hall–Kier alpha value is -1.86. The lowest BCUT2D eigenvalue weighted by Gasteiger charge is -2.27. The Morgan fingerprint density at radius 1 is 1.13 bits per heavy atom. The van der Waals surface area contributed by atoms with Crippen molar-refractivity contribution in [2.75, 3.05) is 13.2 Å². The first kappa shape index (κ1) is 17.5. The first-order chi connectivity index (χ1) is 11.2. The molecule has 0 aliphatic rings. The minimum Gasteiger partial charge on any atom is -0.394 e. The smallest absolute Gasteiger partial charge is 0.0623 e. The van der Waals surface area contributed by atoms with Crippen LogP contribution in [-0.2, 0) is 6.54 Å². The summed E-state index contributed by atoms with van der Waals surface area (Å²) in [4.78, 5) is 2.08. The second-order valence-corrected chi connectivity index (χ2v) is 6.07. The van der Waals surface area contributed by atoms with E-state index in [0.717, 1.165) is 15.6 Å². The van der Waals surface area contributed by atoms with Gasteiger partial charge in [0.1, 0.15) is 0 Å². The molecule has 1 atom stereocenters. The third-order valence-electron chi connectivity index (χ3n) is 3.59. The highest BCUT2D eigenvalue weighted by atomic mass is 79.9. The van der Waals surface area contributed by atoms with E-state index in [1.807, 2.05) is 60.7 Å². The largest absolute Gasteiger partial charge is 0.394 e. The lowest BCUT2D eigenvalue weighted by Crippen LogP contribution is -2.36. The lowest BCUT2D eigenvalue weighted by molar-refractivity contribution is 0.160. The van der Waals surface area contributed by atoms with Crippen LogP contribution in [0.4, 0.5) is 0 Å². The van der Waals surface area contributed by atoms with Crippen LogP contribution in [0, 0.1) is 12.3 Å². The van der Waals surface area contributed by atoms with Crippen molar-refractivity contribution < 1.29 is 5.11 Å². The molecule has 0 heterocycles. The Labute approximate surface area is 146 Å². The van der Waals surface area contributed by atoms with Gasteiger partial charge >= 0.3 is 0 Å². The maximum atomic E-state index is 9.78. The van der Waals surface area contributed by atoms with Gasteiger partial charge in [-0.2, -0.15) is 0 Å². The minimum absolute atomic E-state index is 0.0233. The highest BCUT2D eigenvalue weighted by Gasteiger charge is 2.15. The molecule has 1 N–H and O–H groups in total. The zero-order chi connectivity index (χ0) is 16.5. The summed E-state index contributed by atoms with van der Waals surface area (Å²) in [5.41, 5.74) is 2.25. The molecule has 0 radical (unpaired) electrons. The molecule has 0 saturated carbocycles. The van der Waals surface area contributed by atoms with E-state index in [1.54, 1.807) is 0 Å². The maximum absolute atomic E-state index is 9.78. The first-order valence-corrected chi connectivity index (χ1v) is 8.29. The molecule has 0 spiro atoms. The van der Waals surface area contributed by atoms with Crippen LogP contribution < -0.4 is 0 Å². The van der Waals surface area contributed by atoms with Gasteiger partial charge in [-0.3, -0.25) is 4.90 Å². The molecular formula is C20H20BrNO. The van der Waals surface area contributed by atoms with Gasteiger partial charge in [0.2, 0.25) is 0 Å². The van der Waals surface area contributed by atoms with Gasteiger partial charge < -0.3 is 5.11 Å². The summed E-state index contributed by atoms with van der Waals surface area (Å²) in [6.45, 7) is 1.18. The summed E-state index contributed by atoms with van der Waals surface area (Å²) in [5.74, 6) is 2.69. The highest BCUT2D eigenvalue weighted by Crippen LogP contribution is 2.19. The number of hydrogen-bond donors (Lipinski definition) is 1. The minimum atomic E-state index is -0.127. The monoisotopic (exact) mass is 369 g/mol. The fraction of sp³-hybridized carbons (Fsp3) is 0.200. The Kier molecular flexibility index (Phi) is 7.09. The van der Waals surface area contributed by atoms with Gasteiger partial charge in [-0.1, -0.05) is 82.5 Å². The first-order valence-electron chi connectivity index (χ1n) is 7.49. The number of aliphatic hydroxyl groups excluding tert-OH is 1. The van der Waals surface area contributed by atoms with Crippen LogP contribution >= 0.6 is 15.9 Å². The van der Waals surface area contributed by atoms with E-state index in [9.17, 15) is 5.11 Å². The summed E-state index contributed by atoms with van der Waals surface area (Å²) in [7, 11) is 0.